The highest BCUT2D eigenvalue weighted by atomic mass is 35.5. The molecule has 1 atom stereocenters. The quantitative estimate of drug-likeness (QED) is 0.391. The fraction of sp³-hybridized carbons (Fsp3) is 0.308. The molecule has 0 saturated carbocycles. The van der Waals surface area contributed by atoms with E-state index in [0.29, 0.717) is 44.4 Å². The highest BCUT2D eigenvalue weighted by Gasteiger charge is 2.31. The Balaban J connectivity index is 1.43. The van der Waals surface area contributed by atoms with E-state index in [9.17, 15) is 8.42 Å². The lowest BCUT2D eigenvalue weighted by Gasteiger charge is -2.36. The van der Waals surface area contributed by atoms with Gasteiger partial charge in [-0.2, -0.15) is 4.31 Å². The SMILES string of the molecule is Cc1cccc(CO[C@H](CN2CCN(S(=O)(=O)c3ccccc3Cl)CC2)c2ccc(Cl)cc2)c1. The van der Waals surface area contributed by atoms with Crippen LogP contribution in [0.1, 0.15) is 22.8 Å². The molecule has 0 amide bonds. The predicted octanol–water partition coefficient (Wildman–Crippen LogP) is 5.57. The molecule has 0 aliphatic carbocycles. The highest BCUT2D eigenvalue weighted by molar-refractivity contribution is 7.89. The number of rotatable bonds is 8. The molecule has 0 bridgehead atoms. The van der Waals surface area contributed by atoms with E-state index >= 15 is 0 Å². The largest absolute Gasteiger partial charge is 0.368 e. The fourth-order valence-corrected chi connectivity index (χ4v) is 6.15. The lowest BCUT2D eigenvalue weighted by molar-refractivity contribution is 0.00771. The summed E-state index contributed by atoms with van der Waals surface area (Å²) in [5.41, 5.74) is 3.36. The Kier molecular flexibility index (Phi) is 8.30. The van der Waals surface area contributed by atoms with E-state index in [2.05, 4.69) is 30.0 Å². The van der Waals surface area contributed by atoms with Gasteiger partial charge >= 0.3 is 0 Å². The summed E-state index contributed by atoms with van der Waals surface area (Å²) in [5.74, 6) is 0. The first-order valence-corrected chi connectivity index (χ1v) is 13.4. The van der Waals surface area contributed by atoms with Gasteiger partial charge in [0.05, 0.1) is 17.7 Å². The molecule has 1 fully saturated rings. The maximum Gasteiger partial charge on any atom is 0.244 e. The summed E-state index contributed by atoms with van der Waals surface area (Å²) in [6.45, 7) is 5.25. The first kappa shape index (κ1) is 25.2. The number of hydrogen-bond acceptors (Lipinski definition) is 4. The second kappa shape index (κ2) is 11.2. The average Bonchev–Trinajstić information content (AvgIpc) is 2.83. The normalized spacial score (nSPS) is 16.4. The lowest BCUT2D eigenvalue weighted by atomic mass is 10.1. The smallest absolute Gasteiger partial charge is 0.244 e. The number of benzene rings is 3. The van der Waals surface area contributed by atoms with Crippen molar-refractivity contribution in [1.29, 1.82) is 0 Å². The van der Waals surface area contributed by atoms with Crippen molar-refractivity contribution in [3.05, 3.63) is 99.5 Å². The molecule has 0 radical (unpaired) electrons. The van der Waals surface area contributed by atoms with Crippen molar-refractivity contribution >= 4 is 33.2 Å². The lowest BCUT2D eigenvalue weighted by Crippen LogP contribution is -2.49. The molecular weight excluding hydrogens is 491 g/mol. The zero-order chi connectivity index (χ0) is 24.1. The minimum absolute atomic E-state index is 0.158. The Morgan fingerprint density at radius 3 is 2.29 bits per heavy atom. The van der Waals surface area contributed by atoms with Crippen LogP contribution in [0.3, 0.4) is 0 Å². The topological polar surface area (TPSA) is 49.9 Å². The zero-order valence-corrected chi connectivity index (χ0v) is 21.4. The van der Waals surface area contributed by atoms with Crippen molar-refractivity contribution in [3.63, 3.8) is 0 Å². The molecule has 0 N–H and O–H groups in total. The summed E-state index contributed by atoms with van der Waals surface area (Å²) in [4.78, 5) is 2.40. The van der Waals surface area contributed by atoms with Gasteiger partial charge in [-0.25, -0.2) is 8.42 Å². The second-order valence-electron chi connectivity index (χ2n) is 8.48. The number of piperazine rings is 1. The number of aryl methyl sites for hydroxylation is 1. The first-order valence-electron chi connectivity index (χ1n) is 11.2. The van der Waals surface area contributed by atoms with E-state index in [0.717, 1.165) is 11.1 Å². The van der Waals surface area contributed by atoms with Crippen LogP contribution in [0.2, 0.25) is 10.0 Å². The van der Waals surface area contributed by atoms with Crippen molar-refractivity contribution in [2.24, 2.45) is 0 Å². The Labute approximate surface area is 211 Å². The third-order valence-corrected chi connectivity index (χ3v) is 8.64. The van der Waals surface area contributed by atoms with Crippen LogP contribution in [-0.2, 0) is 21.4 Å². The van der Waals surface area contributed by atoms with E-state index in [1.54, 1.807) is 24.3 Å². The third kappa shape index (κ3) is 6.19. The van der Waals surface area contributed by atoms with E-state index in [-0.39, 0.29) is 16.0 Å². The molecule has 180 valence electrons. The van der Waals surface area contributed by atoms with Crippen LogP contribution in [-0.4, -0.2) is 50.3 Å². The number of ether oxygens (including phenoxy) is 1. The molecule has 5 nitrogen and oxygen atoms in total. The number of sulfonamides is 1. The van der Waals surface area contributed by atoms with E-state index in [4.69, 9.17) is 27.9 Å². The van der Waals surface area contributed by atoms with E-state index in [1.165, 1.54) is 9.87 Å². The standard InChI is InChI=1S/C26H28Cl2N2O3S/c1-20-5-4-6-21(17-20)19-33-25(22-9-11-23(27)12-10-22)18-29-13-15-30(16-14-29)34(31,32)26-8-3-2-7-24(26)28/h2-12,17,25H,13-16,18-19H2,1H3/t25-/m1/s1. The van der Waals surface area contributed by atoms with Crippen molar-refractivity contribution < 1.29 is 13.2 Å². The van der Waals surface area contributed by atoms with Crippen molar-refractivity contribution in [2.75, 3.05) is 32.7 Å². The van der Waals surface area contributed by atoms with Gasteiger partial charge in [-0.3, -0.25) is 4.90 Å². The highest BCUT2D eigenvalue weighted by Crippen LogP contribution is 2.27. The summed E-state index contributed by atoms with van der Waals surface area (Å²) in [6, 6.07) is 22.6. The van der Waals surface area contributed by atoms with Crippen molar-refractivity contribution in [3.8, 4) is 0 Å². The average molecular weight is 519 g/mol. The maximum atomic E-state index is 13.1. The van der Waals surface area contributed by atoms with Gasteiger partial charge in [0.15, 0.2) is 0 Å². The fourth-order valence-electron chi connectivity index (χ4n) is 4.11. The molecule has 1 saturated heterocycles. The van der Waals surface area contributed by atoms with Crippen LogP contribution in [0, 0.1) is 6.92 Å². The molecule has 8 heteroatoms. The summed E-state index contributed by atoms with van der Waals surface area (Å²) in [5, 5.41) is 0.928. The summed E-state index contributed by atoms with van der Waals surface area (Å²) < 4.78 is 34.0. The molecule has 0 spiro atoms. The van der Waals surface area contributed by atoms with Gasteiger partial charge in [0.1, 0.15) is 4.90 Å². The Morgan fingerprint density at radius 1 is 0.912 bits per heavy atom. The van der Waals surface area contributed by atoms with Crippen LogP contribution in [0.25, 0.3) is 0 Å². The third-order valence-electron chi connectivity index (χ3n) is 5.99. The Hall–Kier alpha value is -1.93. The van der Waals surface area contributed by atoms with Gasteiger partial charge < -0.3 is 4.74 Å². The molecule has 0 unspecified atom stereocenters. The van der Waals surface area contributed by atoms with Crippen LogP contribution in [0.4, 0.5) is 0 Å². The molecule has 34 heavy (non-hydrogen) atoms. The monoisotopic (exact) mass is 518 g/mol. The molecule has 1 aliphatic rings. The molecular formula is C26H28Cl2N2O3S. The minimum atomic E-state index is -3.62. The van der Waals surface area contributed by atoms with Crippen molar-refractivity contribution in [1.82, 2.24) is 9.21 Å². The van der Waals surface area contributed by atoms with E-state index < -0.39 is 10.0 Å². The zero-order valence-electron chi connectivity index (χ0n) is 19.0. The first-order chi connectivity index (χ1) is 16.3. The van der Waals surface area contributed by atoms with Gasteiger partial charge in [-0.1, -0.05) is 77.3 Å². The van der Waals surface area contributed by atoms with Gasteiger partial charge in [0.25, 0.3) is 0 Å². The summed E-state index contributed by atoms with van der Waals surface area (Å²) in [7, 11) is -3.62. The predicted molar refractivity (Wildman–Crippen MR) is 137 cm³/mol. The number of halogens is 2. The van der Waals surface area contributed by atoms with Gasteiger partial charge in [-0.05, 0) is 42.3 Å². The number of hydrogen-bond donors (Lipinski definition) is 0. The van der Waals surface area contributed by atoms with Crippen LogP contribution >= 0.6 is 23.2 Å². The molecule has 1 heterocycles. The molecule has 0 aromatic heterocycles. The Morgan fingerprint density at radius 2 is 1.62 bits per heavy atom. The van der Waals surface area contributed by atoms with Crippen molar-refractivity contribution in [2.45, 2.75) is 24.5 Å². The molecule has 3 aromatic carbocycles. The molecule has 1 aliphatic heterocycles. The van der Waals surface area contributed by atoms with Crippen LogP contribution in [0.15, 0.2) is 77.7 Å². The van der Waals surface area contributed by atoms with E-state index in [1.807, 2.05) is 30.3 Å². The maximum absolute atomic E-state index is 13.1. The summed E-state index contributed by atoms with van der Waals surface area (Å²) in [6.07, 6.45) is -0.162. The molecule has 4 rings (SSSR count). The second-order valence-corrected chi connectivity index (χ2v) is 11.2. The van der Waals surface area contributed by atoms with Gasteiger partial charge in [-0.15, -0.1) is 0 Å². The van der Waals surface area contributed by atoms with Crippen LogP contribution in [0.5, 0.6) is 0 Å². The van der Waals surface area contributed by atoms with Crippen LogP contribution < -0.4 is 0 Å². The van der Waals surface area contributed by atoms with Gasteiger partial charge in [0, 0.05) is 37.7 Å². The molecule has 3 aromatic rings. The Bertz CT molecular complexity index is 1210. The summed E-state index contributed by atoms with van der Waals surface area (Å²) >= 11 is 12.3. The van der Waals surface area contributed by atoms with Gasteiger partial charge in [0.2, 0.25) is 10.0 Å². The minimum Gasteiger partial charge on any atom is -0.368 e. The number of nitrogens with zero attached hydrogens (tertiary/aromatic N) is 2.